The van der Waals surface area contributed by atoms with Crippen LogP contribution in [0.3, 0.4) is 0 Å². The molecular weight excluding hydrogens is 416 g/mol. The van der Waals surface area contributed by atoms with Gasteiger partial charge in [0.25, 0.3) is 0 Å². The molecule has 3 aliphatic heterocycles. The molecule has 0 unspecified atom stereocenters. The first kappa shape index (κ1) is 21.6. The van der Waals surface area contributed by atoms with E-state index in [1.807, 2.05) is 0 Å². The van der Waals surface area contributed by atoms with Crippen LogP contribution in [0, 0.1) is 5.41 Å². The lowest BCUT2D eigenvalue weighted by molar-refractivity contribution is -0.134. The van der Waals surface area contributed by atoms with Crippen molar-refractivity contribution in [2.45, 2.75) is 38.6 Å². The number of piperidine rings is 1. The summed E-state index contributed by atoms with van der Waals surface area (Å²) >= 11 is 0. The van der Waals surface area contributed by atoms with Crippen molar-refractivity contribution in [2.75, 3.05) is 20.2 Å². The van der Waals surface area contributed by atoms with E-state index in [2.05, 4.69) is 46.7 Å². The third-order valence-corrected chi connectivity index (χ3v) is 7.49. The smallest absolute Gasteiger partial charge is 0.354 e. The summed E-state index contributed by atoms with van der Waals surface area (Å²) in [6.07, 6.45) is 6.70. The number of benzene rings is 2. The van der Waals surface area contributed by atoms with Gasteiger partial charge in [-0.1, -0.05) is 25.1 Å². The molecule has 3 aliphatic rings. The summed E-state index contributed by atoms with van der Waals surface area (Å²) < 4.78 is 7.38. The normalized spacial score (nSPS) is 23.2. The second-order valence-corrected chi connectivity index (χ2v) is 9.13. The van der Waals surface area contributed by atoms with Crippen LogP contribution >= 0.6 is 0 Å². The average molecular weight is 447 g/mol. The predicted molar refractivity (Wildman–Crippen MR) is 128 cm³/mol. The number of methoxy groups -OCH3 is 1. The highest BCUT2D eigenvalue weighted by Crippen LogP contribution is 2.57. The van der Waals surface area contributed by atoms with E-state index in [-0.39, 0.29) is 22.9 Å². The van der Waals surface area contributed by atoms with E-state index in [0.717, 1.165) is 37.9 Å². The Balaban J connectivity index is 0.000000243. The fourth-order valence-electron chi connectivity index (χ4n) is 5.99. The zero-order valence-electron chi connectivity index (χ0n) is 19.1. The number of nitrogens with zero attached hydrogens (tertiary/aromatic N) is 2. The Bertz CT molecular complexity index is 1210. The molecular formula is C27H30N2O4. The van der Waals surface area contributed by atoms with Gasteiger partial charge in [-0.2, -0.15) is 0 Å². The zero-order valence-corrected chi connectivity index (χ0v) is 19.1. The van der Waals surface area contributed by atoms with Crippen LogP contribution in [0.5, 0.6) is 11.5 Å². The van der Waals surface area contributed by atoms with Gasteiger partial charge in [0.2, 0.25) is 0 Å². The first-order chi connectivity index (χ1) is 16.0. The number of hydrogen-bond acceptors (Lipinski definition) is 5. The fraction of sp³-hybridized carbons (Fsp3) is 0.370. The van der Waals surface area contributed by atoms with Gasteiger partial charge in [0.05, 0.1) is 18.7 Å². The predicted octanol–water partition coefficient (Wildman–Crippen LogP) is 4.86. The van der Waals surface area contributed by atoms with E-state index in [9.17, 15) is 4.79 Å². The number of phenolic OH excluding ortho intramolecular Hbond substituents is 2. The summed E-state index contributed by atoms with van der Waals surface area (Å²) in [6.45, 7) is 4.55. The van der Waals surface area contributed by atoms with Crippen LogP contribution in [0.1, 0.15) is 43.5 Å². The number of hydrogen-bond donors (Lipinski definition) is 2. The molecule has 33 heavy (non-hydrogen) atoms. The number of carbonyl (C=O) groups excluding carboxylic acids is 1. The van der Waals surface area contributed by atoms with Crippen molar-refractivity contribution in [1.82, 2.24) is 9.47 Å². The molecule has 6 rings (SSSR count). The van der Waals surface area contributed by atoms with Gasteiger partial charge in [-0.05, 0) is 74.2 Å². The molecule has 2 atom stereocenters. The Labute approximate surface area is 193 Å². The van der Waals surface area contributed by atoms with Crippen molar-refractivity contribution in [1.29, 1.82) is 0 Å². The molecule has 0 amide bonds. The molecule has 1 saturated heterocycles. The van der Waals surface area contributed by atoms with Gasteiger partial charge >= 0.3 is 5.97 Å². The highest BCUT2D eigenvalue weighted by Gasteiger charge is 2.51. The third-order valence-electron chi connectivity index (χ3n) is 7.49. The maximum absolute atomic E-state index is 12.7. The number of aromatic nitrogens is 1. The second kappa shape index (κ2) is 8.27. The van der Waals surface area contributed by atoms with Crippen molar-refractivity contribution in [2.24, 2.45) is 5.41 Å². The maximum atomic E-state index is 12.7. The van der Waals surface area contributed by atoms with Gasteiger partial charge < -0.3 is 19.5 Å². The van der Waals surface area contributed by atoms with Gasteiger partial charge in [0.1, 0.15) is 17.2 Å². The lowest BCUT2D eigenvalue weighted by Crippen LogP contribution is -2.51. The van der Waals surface area contributed by atoms with E-state index < -0.39 is 0 Å². The quantitative estimate of drug-likeness (QED) is 0.435. The van der Waals surface area contributed by atoms with Crippen LogP contribution in [0.15, 0.2) is 54.6 Å². The van der Waals surface area contributed by atoms with Crippen LogP contribution in [0.25, 0.3) is 16.6 Å². The van der Waals surface area contributed by atoms with Crippen molar-refractivity contribution >= 4 is 22.6 Å². The van der Waals surface area contributed by atoms with Crippen molar-refractivity contribution in [3.8, 4) is 11.5 Å². The van der Waals surface area contributed by atoms with Gasteiger partial charge in [-0.25, -0.2) is 4.79 Å². The Morgan fingerprint density at radius 1 is 1.09 bits per heavy atom. The number of aromatic hydroxyl groups is 2. The van der Waals surface area contributed by atoms with Crippen LogP contribution in [-0.2, 0) is 16.0 Å². The number of ether oxygens (including phenoxy) is 1. The molecule has 6 heteroatoms. The molecule has 0 spiro atoms. The largest absolute Gasteiger partial charge is 0.508 e. The second-order valence-electron chi connectivity index (χ2n) is 9.13. The van der Waals surface area contributed by atoms with Crippen molar-refractivity contribution < 1.29 is 19.7 Å². The van der Waals surface area contributed by atoms with Crippen LogP contribution in [-0.4, -0.2) is 45.8 Å². The number of fused-ring (bicyclic) bond motifs is 3. The van der Waals surface area contributed by atoms with Gasteiger partial charge in [0.15, 0.2) is 0 Å². The van der Waals surface area contributed by atoms with Crippen LogP contribution in [0.4, 0.5) is 0 Å². The van der Waals surface area contributed by atoms with Gasteiger partial charge in [-0.3, -0.25) is 4.90 Å². The number of esters is 1. The standard InChI is InChI=1S/C21H24N2O2.C6H6O2/c1-3-21-10-6-11-22-12-9-15-14-7-4-5-8-16(14)23(18(15)19(21)22)17(13-21)20(24)25-2;7-5-1-2-6(8)4-3-5/h4-5,7-8,13,19H,3,6,9-12H2,1-2H3;1-4,7-8H/t19-,21+;/m1./s1. The Hall–Kier alpha value is -3.25. The highest BCUT2D eigenvalue weighted by atomic mass is 16.5. The van der Waals surface area contributed by atoms with Crippen molar-refractivity contribution in [3.05, 3.63) is 65.9 Å². The Kier molecular flexibility index (Phi) is 5.41. The zero-order chi connectivity index (χ0) is 23.2. The summed E-state index contributed by atoms with van der Waals surface area (Å²) in [6, 6.07) is 14.6. The highest BCUT2D eigenvalue weighted by molar-refractivity contribution is 6.13. The summed E-state index contributed by atoms with van der Waals surface area (Å²) in [5.74, 6) is 0.114. The molecule has 0 bridgehead atoms. The SMILES string of the molecule is CC[C@@]12C=C(C(=O)OC)n3c4c(c5ccccc53)CCN(CCC1)[C@H]42.Oc1ccc(O)cc1. The number of para-hydroxylation sites is 1. The molecule has 2 aromatic carbocycles. The van der Waals surface area contributed by atoms with Crippen LogP contribution < -0.4 is 0 Å². The molecule has 6 nitrogen and oxygen atoms in total. The van der Waals surface area contributed by atoms with E-state index in [1.165, 1.54) is 54.4 Å². The van der Waals surface area contributed by atoms with Gasteiger partial charge in [0, 0.05) is 23.0 Å². The third kappa shape index (κ3) is 3.40. The first-order valence-corrected chi connectivity index (χ1v) is 11.6. The minimum Gasteiger partial charge on any atom is -0.508 e. The van der Waals surface area contributed by atoms with Gasteiger partial charge in [-0.15, -0.1) is 0 Å². The number of carbonyl (C=O) groups is 1. The maximum Gasteiger partial charge on any atom is 0.354 e. The lowest BCUT2D eigenvalue weighted by atomic mass is 9.66. The van der Waals surface area contributed by atoms with Crippen LogP contribution in [0.2, 0.25) is 0 Å². The minimum atomic E-state index is -0.225. The Morgan fingerprint density at radius 2 is 1.79 bits per heavy atom. The first-order valence-electron chi connectivity index (χ1n) is 11.6. The minimum absolute atomic E-state index is 0.0430. The molecule has 3 aromatic rings. The summed E-state index contributed by atoms with van der Waals surface area (Å²) in [5.41, 5.74) is 4.67. The molecule has 172 valence electrons. The van der Waals surface area contributed by atoms with Crippen molar-refractivity contribution in [3.63, 3.8) is 0 Å². The molecule has 1 aromatic heterocycles. The fourth-order valence-corrected chi connectivity index (χ4v) is 5.99. The molecule has 4 heterocycles. The van der Waals surface area contributed by atoms with E-state index in [1.54, 1.807) is 0 Å². The summed E-state index contributed by atoms with van der Waals surface area (Å²) in [7, 11) is 1.49. The topological polar surface area (TPSA) is 74.9 Å². The van der Waals surface area contributed by atoms with E-state index in [4.69, 9.17) is 14.9 Å². The molecule has 2 N–H and O–H groups in total. The van der Waals surface area contributed by atoms with E-state index >= 15 is 0 Å². The molecule has 0 saturated carbocycles. The van der Waals surface area contributed by atoms with E-state index in [0.29, 0.717) is 11.7 Å². The summed E-state index contributed by atoms with van der Waals surface area (Å²) in [5, 5.41) is 18.6. The summed E-state index contributed by atoms with van der Waals surface area (Å²) in [4.78, 5) is 15.3. The monoisotopic (exact) mass is 446 g/mol. The lowest BCUT2D eigenvalue weighted by Gasteiger charge is -2.53. The Morgan fingerprint density at radius 3 is 2.45 bits per heavy atom. The number of rotatable bonds is 2. The molecule has 1 fully saturated rings. The molecule has 0 aliphatic carbocycles. The average Bonchev–Trinajstić information content (AvgIpc) is 3.19. The molecule has 0 radical (unpaired) electrons. The number of phenols is 2.